The molecule has 0 radical (unpaired) electrons. The first-order valence-electron chi connectivity index (χ1n) is 8.71. The Kier molecular flexibility index (Phi) is 4.82. The van der Waals surface area contributed by atoms with Gasteiger partial charge in [-0.1, -0.05) is 18.2 Å². The standard InChI is InChI=1S/C19H15N3O7/c1-11(17-20-21-18(29-17)12-5-3-2-4-6-12)28-19(23)13-9-15-16(27-8-7-26-15)10-14(13)22(24)25/h2-6,9-11H,7-8H2,1H3/t11-/m1/s1. The minimum Gasteiger partial charge on any atom is -0.486 e. The molecule has 0 bridgehead atoms. The molecule has 0 amide bonds. The Hall–Kier alpha value is -3.95. The average molecular weight is 397 g/mol. The third-order valence-corrected chi connectivity index (χ3v) is 4.17. The number of rotatable bonds is 5. The predicted molar refractivity (Wildman–Crippen MR) is 97.7 cm³/mol. The lowest BCUT2D eigenvalue weighted by Gasteiger charge is -2.19. The number of carbonyl (C=O) groups excluding carboxylic acids is 1. The van der Waals surface area contributed by atoms with Gasteiger partial charge in [-0.05, 0) is 19.1 Å². The monoisotopic (exact) mass is 397 g/mol. The SMILES string of the molecule is C[C@@H](OC(=O)c1cc2c(cc1[N+](=O)[O-])OCCO2)c1nnc(-c2ccccc2)o1. The summed E-state index contributed by atoms with van der Waals surface area (Å²) in [6.07, 6.45) is -0.916. The first kappa shape index (κ1) is 18.4. The van der Waals surface area contributed by atoms with Crippen molar-refractivity contribution in [1.82, 2.24) is 10.2 Å². The molecule has 148 valence electrons. The molecule has 0 spiro atoms. The van der Waals surface area contributed by atoms with Gasteiger partial charge in [0.1, 0.15) is 18.8 Å². The van der Waals surface area contributed by atoms with Gasteiger partial charge in [-0.15, -0.1) is 10.2 Å². The van der Waals surface area contributed by atoms with Gasteiger partial charge in [-0.3, -0.25) is 10.1 Å². The van der Waals surface area contributed by atoms with Crippen LogP contribution in [-0.2, 0) is 4.74 Å². The maximum absolute atomic E-state index is 12.6. The Balaban J connectivity index is 1.56. The second-order valence-electron chi connectivity index (χ2n) is 6.13. The van der Waals surface area contributed by atoms with Crippen molar-refractivity contribution in [3.05, 3.63) is 64.0 Å². The number of ether oxygens (including phenoxy) is 3. The third kappa shape index (κ3) is 3.72. The van der Waals surface area contributed by atoms with Crippen LogP contribution in [0.4, 0.5) is 5.69 Å². The molecule has 1 aliphatic heterocycles. The van der Waals surface area contributed by atoms with E-state index in [-0.39, 0.29) is 42.1 Å². The summed E-state index contributed by atoms with van der Waals surface area (Å²) >= 11 is 0. The summed E-state index contributed by atoms with van der Waals surface area (Å²) in [5.41, 5.74) is 0.0168. The quantitative estimate of drug-likeness (QED) is 0.362. The van der Waals surface area contributed by atoms with Crippen molar-refractivity contribution in [1.29, 1.82) is 0 Å². The number of hydrogen-bond donors (Lipinski definition) is 0. The first-order chi connectivity index (χ1) is 14.0. The minimum atomic E-state index is -0.916. The summed E-state index contributed by atoms with van der Waals surface area (Å²) in [6.45, 7) is 2.08. The van der Waals surface area contributed by atoms with Gasteiger partial charge in [-0.2, -0.15) is 0 Å². The molecule has 0 aliphatic carbocycles. The van der Waals surface area contributed by atoms with Crippen LogP contribution in [0.3, 0.4) is 0 Å². The summed E-state index contributed by atoms with van der Waals surface area (Å²) in [6, 6.07) is 11.5. The van der Waals surface area contributed by atoms with Gasteiger partial charge >= 0.3 is 5.97 Å². The summed E-state index contributed by atoms with van der Waals surface area (Å²) in [5, 5.41) is 19.2. The fourth-order valence-corrected chi connectivity index (χ4v) is 2.76. The van der Waals surface area contributed by atoms with Crippen LogP contribution < -0.4 is 9.47 Å². The lowest BCUT2D eigenvalue weighted by atomic mass is 10.1. The zero-order valence-corrected chi connectivity index (χ0v) is 15.2. The summed E-state index contributed by atoms with van der Waals surface area (Å²) < 4.78 is 21.6. The first-order valence-corrected chi connectivity index (χ1v) is 8.71. The number of fused-ring (bicyclic) bond motifs is 1. The molecule has 10 heteroatoms. The van der Waals surface area contributed by atoms with Gasteiger partial charge in [0.25, 0.3) is 11.6 Å². The van der Waals surface area contributed by atoms with Gasteiger partial charge < -0.3 is 18.6 Å². The minimum absolute atomic E-state index is 0.0670. The van der Waals surface area contributed by atoms with Crippen molar-refractivity contribution in [2.24, 2.45) is 0 Å². The highest BCUT2D eigenvalue weighted by molar-refractivity contribution is 5.95. The van der Waals surface area contributed by atoms with Crippen LogP contribution in [-0.4, -0.2) is 34.3 Å². The van der Waals surface area contributed by atoms with Crippen LogP contribution in [0.1, 0.15) is 29.3 Å². The highest BCUT2D eigenvalue weighted by atomic mass is 16.6. The number of nitrogens with zero attached hydrogens (tertiary/aromatic N) is 3. The Labute approximate surface area is 164 Å². The maximum atomic E-state index is 12.6. The van der Waals surface area contributed by atoms with Crippen LogP contribution in [0.15, 0.2) is 46.9 Å². The van der Waals surface area contributed by atoms with Gasteiger partial charge in [0, 0.05) is 11.6 Å². The number of benzene rings is 2. The Morgan fingerprint density at radius 1 is 1.14 bits per heavy atom. The van der Waals surface area contributed by atoms with Crippen molar-refractivity contribution in [3.8, 4) is 23.0 Å². The van der Waals surface area contributed by atoms with E-state index in [1.165, 1.54) is 13.0 Å². The third-order valence-electron chi connectivity index (χ3n) is 4.17. The van der Waals surface area contributed by atoms with E-state index in [9.17, 15) is 14.9 Å². The fourth-order valence-electron chi connectivity index (χ4n) is 2.76. The molecular weight excluding hydrogens is 382 g/mol. The van der Waals surface area contributed by atoms with E-state index >= 15 is 0 Å². The maximum Gasteiger partial charge on any atom is 0.346 e. The summed E-state index contributed by atoms with van der Waals surface area (Å²) in [5.74, 6) is -0.130. The lowest BCUT2D eigenvalue weighted by Crippen LogP contribution is -2.17. The van der Waals surface area contributed by atoms with Crippen molar-refractivity contribution in [2.75, 3.05) is 13.2 Å². The summed E-state index contributed by atoms with van der Waals surface area (Å²) in [4.78, 5) is 23.3. The topological polar surface area (TPSA) is 127 Å². The smallest absolute Gasteiger partial charge is 0.346 e. The van der Waals surface area contributed by atoms with E-state index in [0.29, 0.717) is 5.56 Å². The molecule has 1 aromatic heterocycles. The van der Waals surface area contributed by atoms with Crippen molar-refractivity contribution < 1.29 is 28.3 Å². The Morgan fingerprint density at radius 3 is 2.52 bits per heavy atom. The molecule has 0 N–H and O–H groups in total. The van der Waals surface area contributed by atoms with Gasteiger partial charge in [0.15, 0.2) is 17.6 Å². The van der Waals surface area contributed by atoms with Crippen molar-refractivity contribution >= 4 is 11.7 Å². The van der Waals surface area contributed by atoms with Crippen LogP contribution in [0, 0.1) is 10.1 Å². The molecule has 29 heavy (non-hydrogen) atoms. The average Bonchev–Trinajstić information content (AvgIpc) is 3.24. The highest BCUT2D eigenvalue weighted by Gasteiger charge is 2.29. The molecule has 10 nitrogen and oxygen atoms in total. The number of esters is 1. The molecule has 0 saturated heterocycles. The molecule has 0 unspecified atom stereocenters. The van der Waals surface area contributed by atoms with E-state index in [2.05, 4.69) is 10.2 Å². The Morgan fingerprint density at radius 2 is 1.83 bits per heavy atom. The number of nitro benzene ring substituents is 1. The molecule has 4 rings (SSSR count). The van der Waals surface area contributed by atoms with Crippen LogP contribution >= 0.6 is 0 Å². The van der Waals surface area contributed by atoms with Crippen LogP contribution in [0.2, 0.25) is 0 Å². The zero-order chi connectivity index (χ0) is 20.4. The number of carbonyl (C=O) groups is 1. The Bertz CT molecular complexity index is 1060. The normalized spacial score (nSPS) is 13.6. The van der Waals surface area contributed by atoms with E-state index in [4.69, 9.17) is 18.6 Å². The predicted octanol–water partition coefficient (Wildman–Crippen LogP) is 3.33. The van der Waals surface area contributed by atoms with Gasteiger partial charge in [0.2, 0.25) is 5.89 Å². The molecule has 0 fully saturated rings. The van der Waals surface area contributed by atoms with E-state index < -0.39 is 22.7 Å². The van der Waals surface area contributed by atoms with Crippen molar-refractivity contribution in [3.63, 3.8) is 0 Å². The largest absolute Gasteiger partial charge is 0.486 e. The van der Waals surface area contributed by atoms with Crippen molar-refractivity contribution in [2.45, 2.75) is 13.0 Å². The number of nitro groups is 1. The fraction of sp³-hybridized carbons (Fsp3) is 0.211. The van der Waals surface area contributed by atoms with E-state index in [1.54, 1.807) is 12.1 Å². The van der Waals surface area contributed by atoms with Gasteiger partial charge in [-0.25, -0.2) is 4.79 Å². The highest BCUT2D eigenvalue weighted by Crippen LogP contribution is 2.37. The molecule has 2 aromatic carbocycles. The molecule has 0 saturated carbocycles. The van der Waals surface area contributed by atoms with E-state index in [1.807, 2.05) is 18.2 Å². The molecule has 3 aromatic rings. The number of aromatic nitrogens is 2. The lowest BCUT2D eigenvalue weighted by molar-refractivity contribution is -0.385. The molecular formula is C19H15N3O7. The second-order valence-corrected chi connectivity index (χ2v) is 6.13. The molecule has 1 aliphatic rings. The van der Waals surface area contributed by atoms with Gasteiger partial charge in [0.05, 0.1) is 11.0 Å². The van der Waals surface area contributed by atoms with Crippen LogP contribution in [0.25, 0.3) is 11.5 Å². The molecule has 2 heterocycles. The number of hydrogen-bond acceptors (Lipinski definition) is 9. The zero-order valence-electron chi connectivity index (χ0n) is 15.2. The second kappa shape index (κ2) is 7.58. The summed E-state index contributed by atoms with van der Waals surface area (Å²) in [7, 11) is 0. The van der Waals surface area contributed by atoms with E-state index in [0.717, 1.165) is 6.07 Å². The molecule has 1 atom stereocenters. The van der Waals surface area contributed by atoms with Crippen LogP contribution in [0.5, 0.6) is 11.5 Å².